The third-order valence-electron chi connectivity index (χ3n) is 3.90. The number of guanidine groups is 1. The number of rotatable bonds is 8. The zero-order valence-corrected chi connectivity index (χ0v) is 14.3. The van der Waals surface area contributed by atoms with Gasteiger partial charge in [-0.3, -0.25) is 4.99 Å². The molecule has 2 rings (SSSR count). The van der Waals surface area contributed by atoms with Crippen LogP contribution in [-0.4, -0.2) is 46.0 Å². The van der Waals surface area contributed by atoms with Crippen LogP contribution in [0.5, 0.6) is 0 Å². The summed E-state index contributed by atoms with van der Waals surface area (Å²) < 4.78 is 11.0. The Bertz CT molecular complexity index is 545. The van der Waals surface area contributed by atoms with Crippen molar-refractivity contribution in [3.8, 4) is 6.07 Å². The van der Waals surface area contributed by atoms with E-state index in [4.69, 9.17) is 14.7 Å². The van der Waals surface area contributed by atoms with Crippen LogP contribution in [0.15, 0.2) is 29.3 Å². The van der Waals surface area contributed by atoms with Gasteiger partial charge in [0.25, 0.3) is 0 Å². The molecule has 6 nitrogen and oxygen atoms in total. The van der Waals surface area contributed by atoms with Crippen LogP contribution in [0.4, 0.5) is 0 Å². The highest BCUT2D eigenvalue weighted by Crippen LogP contribution is 2.12. The van der Waals surface area contributed by atoms with Gasteiger partial charge in [0.05, 0.1) is 24.8 Å². The number of hydrogen-bond acceptors (Lipinski definition) is 4. The Balaban J connectivity index is 1.55. The van der Waals surface area contributed by atoms with Gasteiger partial charge in [0.1, 0.15) is 0 Å². The molecule has 1 unspecified atom stereocenters. The molecule has 0 bridgehead atoms. The summed E-state index contributed by atoms with van der Waals surface area (Å²) in [5.74, 6) is 1.34. The van der Waals surface area contributed by atoms with Gasteiger partial charge in [-0.1, -0.05) is 12.1 Å². The minimum absolute atomic E-state index is 0.569. The summed E-state index contributed by atoms with van der Waals surface area (Å²) in [6.07, 6.45) is 2.05. The molecule has 0 amide bonds. The van der Waals surface area contributed by atoms with Crippen molar-refractivity contribution < 1.29 is 9.47 Å². The number of aliphatic imine (C=N–C) groups is 1. The largest absolute Gasteiger partial charge is 0.381 e. The normalized spacial score (nSPS) is 17.5. The van der Waals surface area contributed by atoms with Crippen LogP contribution in [0.1, 0.15) is 24.0 Å². The number of nitriles is 1. The van der Waals surface area contributed by atoms with Crippen molar-refractivity contribution >= 4 is 5.96 Å². The van der Waals surface area contributed by atoms with Crippen molar-refractivity contribution in [2.75, 3.05) is 40.0 Å². The maximum absolute atomic E-state index is 8.79. The Kier molecular flexibility index (Phi) is 8.08. The smallest absolute Gasteiger partial charge is 0.191 e. The lowest BCUT2D eigenvalue weighted by Gasteiger charge is -2.12. The minimum atomic E-state index is 0.569. The first-order valence-electron chi connectivity index (χ1n) is 8.41. The van der Waals surface area contributed by atoms with E-state index in [9.17, 15) is 0 Å². The molecule has 0 saturated carbocycles. The molecule has 1 aliphatic heterocycles. The van der Waals surface area contributed by atoms with E-state index < -0.39 is 0 Å². The Morgan fingerprint density at radius 2 is 2.21 bits per heavy atom. The molecule has 130 valence electrons. The highest BCUT2D eigenvalue weighted by Gasteiger charge is 2.15. The quantitative estimate of drug-likeness (QED) is 0.431. The predicted octanol–water partition coefficient (Wildman–Crippen LogP) is 1.67. The van der Waals surface area contributed by atoms with Crippen molar-refractivity contribution in [3.05, 3.63) is 35.4 Å². The second-order valence-corrected chi connectivity index (χ2v) is 5.82. The van der Waals surface area contributed by atoms with Crippen LogP contribution in [-0.2, 0) is 16.0 Å². The molecule has 1 aromatic carbocycles. The van der Waals surface area contributed by atoms with Gasteiger partial charge in [-0.15, -0.1) is 0 Å². The van der Waals surface area contributed by atoms with Crippen LogP contribution in [0.25, 0.3) is 0 Å². The monoisotopic (exact) mass is 330 g/mol. The topological polar surface area (TPSA) is 78.7 Å². The molecule has 1 aliphatic rings. The number of hydrogen-bond donors (Lipinski definition) is 2. The third kappa shape index (κ3) is 6.57. The van der Waals surface area contributed by atoms with Crippen LogP contribution in [0, 0.1) is 17.2 Å². The molecule has 2 N–H and O–H groups in total. The Morgan fingerprint density at radius 1 is 1.38 bits per heavy atom. The maximum atomic E-state index is 8.79. The molecular formula is C18H26N4O2. The van der Waals surface area contributed by atoms with Gasteiger partial charge in [-0.25, -0.2) is 0 Å². The maximum Gasteiger partial charge on any atom is 0.191 e. The van der Waals surface area contributed by atoms with Crippen molar-refractivity contribution in [1.82, 2.24) is 10.6 Å². The lowest BCUT2D eigenvalue weighted by molar-refractivity contribution is 0.0888. The predicted molar refractivity (Wildman–Crippen MR) is 93.7 cm³/mol. The summed E-state index contributed by atoms with van der Waals surface area (Å²) in [6, 6.07) is 9.64. The zero-order chi connectivity index (χ0) is 17.0. The van der Waals surface area contributed by atoms with Gasteiger partial charge in [0.15, 0.2) is 5.96 Å². The van der Waals surface area contributed by atoms with Crippen LogP contribution in [0.2, 0.25) is 0 Å². The van der Waals surface area contributed by atoms with Gasteiger partial charge in [0, 0.05) is 39.3 Å². The molecule has 1 atom stereocenters. The van der Waals surface area contributed by atoms with E-state index in [1.165, 1.54) is 0 Å². The van der Waals surface area contributed by atoms with Gasteiger partial charge >= 0.3 is 0 Å². The first kappa shape index (κ1) is 18.2. The van der Waals surface area contributed by atoms with Gasteiger partial charge in [0.2, 0.25) is 0 Å². The fourth-order valence-electron chi connectivity index (χ4n) is 2.45. The average molecular weight is 330 g/mol. The van der Waals surface area contributed by atoms with Gasteiger partial charge in [-0.2, -0.15) is 5.26 Å². The molecule has 0 aromatic heterocycles. The van der Waals surface area contributed by atoms with Crippen molar-refractivity contribution in [2.24, 2.45) is 10.9 Å². The van der Waals surface area contributed by atoms with Gasteiger partial charge < -0.3 is 20.1 Å². The lowest BCUT2D eigenvalue weighted by atomic mass is 10.1. The lowest BCUT2D eigenvalue weighted by Crippen LogP contribution is -2.37. The van der Waals surface area contributed by atoms with Gasteiger partial charge in [-0.05, 0) is 30.5 Å². The zero-order valence-electron chi connectivity index (χ0n) is 14.3. The number of ether oxygens (including phenoxy) is 2. The summed E-state index contributed by atoms with van der Waals surface area (Å²) in [6.45, 7) is 4.74. The van der Waals surface area contributed by atoms with Crippen LogP contribution in [0.3, 0.4) is 0 Å². The molecule has 1 saturated heterocycles. The molecule has 6 heteroatoms. The molecule has 0 spiro atoms. The van der Waals surface area contributed by atoms with Crippen molar-refractivity contribution in [2.45, 2.75) is 19.4 Å². The van der Waals surface area contributed by atoms with E-state index in [2.05, 4.69) is 21.7 Å². The fourth-order valence-corrected chi connectivity index (χ4v) is 2.45. The van der Waals surface area contributed by atoms with E-state index in [0.717, 1.165) is 57.3 Å². The van der Waals surface area contributed by atoms with E-state index in [1.54, 1.807) is 7.05 Å². The summed E-state index contributed by atoms with van der Waals surface area (Å²) in [7, 11) is 1.75. The summed E-state index contributed by atoms with van der Waals surface area (Å²) in [4.78, 5) is 4.20. The van der Waals surface area contributed by atoms with E-state index >= 15 is 0 Å². The first-order chi connectivity index (χ1) is 11.8. The summed E-state index contributed by atoms with van der Waals surface area (Å²) in [5.41, 5.74) is 1.78. The summed E-state index contributed by atoms with van der Waals surface area (Å²) >= 11 is 0. The van der Waals surface area contributed by atoms with Crippen LogP contribution >= 0.6 is 0 Å². The molecule has 0 aliphatic carbocycles. The van der Waals surface area contributed by atoms with E-state index in [1.807, 2.05) is 24.3 Å². The number of nitrogens with zero attached hydrogens (tertiary/aromatic N) is 2. The third-order valence-corrected chi connectivity index (χ3v) is 3.90. The SMILES string of the molecule is CN=C(NCCCOCC1CCOC1)NCc1ccc(C#N)cc1. The molecule has 1 aromatic rings. The second kappa shape index (κ2) is 10.6. The van der Waals surface area contributed by atoms with Crippen molar-refractivity contribution in [1.29, 1.82) is 5.26 Å². The molecule has 1 fully saturated rings. The van der Waals surface area contributed by atoms with E-state index in [-0.39, 0.29) is 0 Å². The highest BCUT2D eigenvalue weighted by molar-refractivity contribution is 5.79. The number of benzene rings is 1. The average Bonchev–Trinajstić information content (AvgIpc) is 3.14. The Hall–Kier alpha value is -2.10. The fraction of sp³-hybridized carbons (Fsp3) is 0.556. The Morgan fingerprint density at radius 3 is 2.88 bits per heavy atom. The van der Waals surface area contributed by atoms with E-state index in [0.29, 0.717) is 18.0 Å². The highest BCUT2D eigenvalue weighted by atomic mass is 16.5. The van der Waals surface area contributed by atoms with Crippen LogP contribution < -0.4 is 10.6 Å². The molecule has 24 heavy (non-hydrogen) atoms. The second-order valence-electron chi connectivity index (χ2n) is 5.82. The Labute approximate surface area is 143 Å². The molecule has 0 radical (unpaired) electrons. The standard InChI is InChI=1S/C18H26N4O2/c1-20-18(22-12-16-5-3-15(11-19)4-6-16)21-8-2-9-23-13-17-7-10-24-14-17/h3-6,17H,2,7-10,12-14H2,1H3,(H2,20,21,22). The van der Waals surface area contributed by atoms with Crippen molar-refractivity contribution in [3.63, 3.8) is 0 Å². The number of nitrogens with one attached hydrogen (secondary N) is 2. The molecular weight excluding hydrogens is 304 g/mol. The summed E-state index contributed by atoms with van der Waals surface area (Å²) in [5, 5.41) is 15.3. The molecule has 1 heterocycles. The minimum Gasteiger partial charge on any atom is -0.381 e. The first-order valence-corrected chi connectivity index (χ1v) is 8.41.